The molecule has 9 rings (SSSR count). The van der Waals surface area contributed by atoms with Crippen LogP contribution in [0.15, 0.2) is 151 Å². The summed E-state index contributed by atoms with van der Waals surface area (Å²) in [6.45, 7) is 6.95. The molecule has 0 radical (unpaired) electrons. The van der Waals surface area contributed by atoms with Gasteiger partial charge in [-0.05, 0) is 72.2 Å². The zero-order valence-corrected chi connectivity index (χ0v) is 27.3. The second-order valence-electron chi connectivity index (χ2n) is 13.3. The minimum absolute atomic E-state index is 0.152. The molecule has 0 fully saturated rings. The monoisotopic (exact) mass is 614 g/mol. The van der Waals surface area contributed by atoms with Crippen molar-refractivity contribution in [2.45, 2.75) is 26.2 Å². The van der Waals surface area contributed by atoms with Crippen LogP contribution in [0.3, 0.4) is 0 Å². The Bertz CT molecular complexity index is 2660. The van der Waals surface area contributed by atoms with Gasteiger partial charge in [-0.1, -0.05) is 122 Å². The number of benzene rings is 6. The van der Waals surface area contributed by atoms with Gasteiger partial charge in [-0.25, -0.2) is 0 Å². The molecule has 0 atom stereocenters. The Balaban J connectivity index is 1.35. The number of terminal acetylenes is 1. The fourth-order valence-electron chi connectivity index (χ4n) is 8.24. The maximum atomic E-state index is 5.67. The van der Waals surface area contributed by atoms with E-state index < -0.39 is 0 Å². The molecule has 2 nitrogen and oxygen atoms in total. The molecule has 1 aliphatic carbocycles. The molecule has 0 aliphatic heterocycles. The first kappa shape index (κ1) is 28.2. The van der Waals surface area contributed by atoms with Crippen LogP contribution < -0.4 is 0 Å². The molecule has 8 aromatic rings. The molecule has 1 aliphatic rings. The van der Waals surface area contributed by atoms with E-state index in [1.165, 1.54) is 77.0 Å². The summed E-state index contributed by atoms with van der Waals surface area (Å²) in [5.41, 5.74) is 14.6. The van der Waals surface area contributed by atoms with Gasteiger partial charge in [0.15, 0.2) is 0 Å². The van der Waals surface area contributed by atoms with Crippen molar-refractivity contribution in [2.24, 2.45) is 0 Å². The zero-order valence-electron chi connectivity index (χ0n) is 27.3. The van der Waals surface area contributed by atoms with Crippen LogP contribution in [0.2, 0.25) is 0 Å². The fraction of sp³-hybridized carbons (Fsp3) is 0.0870. The second-order valence-corrected chi connectivity index (χ2v) is 13.3. The first-order valence-corrected chi connectivity index (χ1v) is 16.6. The molecule has 6 aromatic carbocycles. The van der Waals surface area contributed by atoms with Gasteiger partial charge in [-0.2, -0.15) is 0 Å². The lowest BCUT2D eigenvalue weighted by atomic mass is 9.80. The summed E-state index contributed by atoms with van der Waals surface area (Å²) < 4.78 is 4.90. The highest BCUT2D eigenvalue weighted by atomic mass is 15.0. The summed E-state index contributed by atoms with van der Waals surface area (Å²) in [6.07, 6.45) is 9.59. The number of allylic oxidation sites excluding steroid dienone is 4. The van der Waals surface area contributed by atoms with Gasteiger partial charge in [0.05, 0.1) is 33.4 Å². The maximum Gasteiger partial charge on any atom is 0.0544 e. The van der Waals surface area contributed by atoms with Gasteiger partial charge in [0.1, 0.15) is 0 Å². The third-order valence-corrected chi connectivity index (χ3v) is 10.6. The van der Waals surface area contributed by atoms with Gasteiger partial charge in [-0.3, -0.25) is 0 Å². The van der Waals surface area contributed by atoms with Gasteiger partial charge in [0, 0.05) is 38.1 Å². The molecule has 2 aromatic heterocycles. The highest BCUT2D eigenvalue weighted by molar-refractivity contribution is 6.15. The van der Waals surface area contributed by atoms with E-state index in [0.29, 0.717) is 0 Å². The molecule has 0 N–H and O–H groups in total. The van der Waals surface area contributed by atoms with E-state index in [9.17, 15) is 0 Å². The minimum atomic E-state index is -0.152. The van der Waals surface area contributed by atoms with Gasteiger partial charge < -0.3 is 9.13 Å². The maximum absolute atomic E-state index is 5.67. The molecular formula is C46H34N2. The molecule has 0 saturated heterocycles. The normalized spacial score (nSPS) is 14.1. The molecule has 2 heterocycles. The average Bonchev–Trinajstić information content (AvgIpc) is 3.70. The quantitative estimate of drug-likeness (QED) is 0.175. The standard InChI is InChI=1S/C46H34N2/c1-5-6-17-31-30(2)46(3,4)45-36(31)28-29-43-44(45)37-22-11-16-27-42(37)48(43)41-26-15-10-21-35(41)34-20-9-14-25-40(34)47-38-23-12-7-18-32(38)33-19-8-13-24-39(33)47/h1,6-29H,2-4H3/b17-6-. The van der Waals surface area contributed by atoms with E-state index in [4.69, 9.17) is 6.42 Å². The van der Waals surface area contributed by atoms with Crippen LogP contribution in [0, 0.1) is 12.3 Å². The van der Waals surface area contributed by atoms with Crippen molar-refractivity contribution in [2.75, 3.05) is 0 Å². The van der Waals surface area contributed by atoms with Crippen molar-refractivity contribution in [1.82, 2.24) is 9.13 Å². The van der Waals surface area contributed by atoms with Crippen molar-refractivity contribution in [3.63, 3.8) is 0 Å². The molecule has 0 saturated carbocycles. The van der Waals surface area contributed by atoms with Gasteiger partial charge in [0.2, 0.25) is 0 Å². The molecule has 0 amide bonds. The predicted octanol–water partition coefficient (Wildman–Crippen LogP) is 11.8. The molecule has 0 unspecified atom stereocenters. The third-order valence-electron chi connectivity index (χ3n) is 10.6. The highest BCUT2D eigenvalue weighted by Gasteiger charge is 2.37. The summed E-state index contributed by atoms with van der Waals surface area (Å²) in [6, 6.07) is 48.6. The van der Waals surface area contributed by atoms with Crippen molar-refractivity contribution < 1.29 is 0 Å². The van der Waals surface area contributed by atoms with Crippen molar-refractivity contribution in [3.05, 3.63) is 162 Å². The van der Waals surface area contributed by atoms with E-state index in [-0.39, 0.29) is 5.41 Å². The number of hydrogen-bond donors (Lipinski definition) is 0. The van der Waals surface area contributed by atoms with Crippen LogP contribution in [0.25, 0.3) is 71.7 Å². The summed E-state index contributed by atoms with van der Waals surface area (Å²) in [5.74, 6) is 2.70. The van der Waals surface area contributed by atoms with Gasteiger partial charge in [0.25, 0.3) is 0 Å². The topological polar surface area (TPSA) is 9.86 Å². The van der Waals surface area contributed by atoms with E-state index in [1.54, 1.807) is 0 Å². The fourth-order valence-corrected chi connectivity index (χ4v) is 8.24. The van der Waals surface area contributed by atoms with Crippen LogP contribution in [0.4, 0.5) is 0 Å². The van der Waals surface area contributed by atoms with Crippen LogP contribution in [0.1, 0.15) is 31.9 Å². The molecule has 0 bridgehead atoms. The number of para-hydroxylation sites is 5. The Labute approximate surface area is 280 Å². The van der Waals surface area contributed by atoms with Crippen molar-refractivity contribution >= 4 is 49.2 Å². The molecule has 228 valence electrons. The van der Waals surface area contributed by atoms with Crippen LogP contribution in [-0.2, 0) is 5.41 Å². The van der Waals surface area contributed by atoms with Gasteiger partial charge >= 0.3 is 0 Å². The van der Waals surface area contributed by atoms with E-state index in [0.717, 1.165) is 11.4 Å². The average molecular weight is 615 g/mol. The molecule has 48 heavy (non-hydrogen) atoms. The Morgan fingerprint density at radius 3 is 1.60 bits per heavy atom. The lowest BCUT2D eigenvalue weighted by Gasteiger charge is -2.23. The molecular weight excluding hydrogens is 581 g/mol. The lowest BCUT2D eigenvalue weighted by molar-refractivity contribution is 0.645. The third kappa shape index (κ3) is 3.82. The van der Waals surface area contributed by atoms with Crippen molar-refractivity contribution in [1.29, 1.82) is 0 Å². The molecule has 0 spiro atoms. The number of rotatable bonds is 4. The van der Waals surface area contributed by atoms with E-state index >= 15 is 0 Å². The van der Waals surface area contributed by atoms with Gasteiger partial charge in [-0.15, -0.1) is 6.42 Å². The molecule has 2 heteroatoms. The smallest absolute Gasteiger partial charge is 0.0544 e. The largest absolute Gasteiger partial charge is 0.309 e. The minimum Gasteiger partial charge on any atom is -0.309 e. The SMILES string of the molecule is C#C/C=C\C1=C(C)C(C)(C)c2c1ccc1c2c2ccccc2n1-c1ccccc1-c1ccccc1-n1c2ccccc2c2ccccc21. The van der Waals surface area contributed by atoms with Crippen molar-refractivity contribution in [3.8, 4) is 34.8 Å². The first-order chi connectivity index (χ1) is 23.5. The predicted molar refractivity (Wildman–Crippen MR) is 204 cm³/mol. The zero-order chi connectivity index (χ0) is 32.6. The number of fused-ring (bicyclic) bond motifs is 8. The summed E-state index contributed by atoms with van der Waals surface area (Å²) in [7, 11) is 0. The highest BCUT2D eigenvalue weighted by Crippen LogP contribution is 2.52. The Morgan fingerprint density at radius 2 is 1.02 bits per heavy atom. The number of nitrogens with zero attached hydrogens (tertiary/aromatic N) is 2. The lowest BCUT2D eigenvalue weighted by Crippen LogP contribution is -2.16. The Kier molecular flexibility index (Phi) is 6.16. The van der Waals surface area contributed by atoms with E-state index in [2.05, 4.69) is 175 Å². The number of hydrogen-bond acceptors (Lipinski definition) is 0. The Hall–Kier alpha value is -6.04. The van der Waals surface area contributed by atoms with E-state index in [1.807, 2.05) is 6.08 Å². The van der Waals surface area contributed by atoms with Crippen LogP contribution in [-0.4, -0.2) is 9.13 Å². The summed E-state index contributed by atoms with van der Waals surface area (Å²) in [4.78, 5) is 0. The summed E-state index contributed by atoms with van der Waals surface area (Å²) >= 11 is 0. The van der Waals surface area contributed by atoms with Crippen LogP contribution >= 0.6 is 0 Å². The first-order valence-electron chi connectivity index (χ1n) is 16.6. The number of aromatic nitrogens is 2. The second kappa shape index (κ2) is 10.5. The van der Waals surface area contributed by atoms with Crippen LogP contribution in [0.5, 0.6) is 0 Å². The summed E-state index contributed by atoms with van der Waals surface area (Å²) in [5, 5.41) is 5.09. The Morgan fingerprint density at radius 1 is 0.542 bits per heavy atom.